The quantitative estimate of drug-likeness (QED) is 0.907. The minimum absolute atomic E-state index is 0.260. The summed E-state index contributed by atoms with van der Waals surface area (Å²) in [7, 11) is 0. The van der Waals surface area contributed by atoms with E-state index in [1.54, 1.807) is 30.3 Å². The fourth-order valence-corrected chi connectivity index (χ4v) is 2.01. The van der Waals surface area contributed by atoms with E-state index in [1.807, 2.05) is 20.8 Å². The summed E-state index contributed by atoms with van der Waals surface area (Å²) < 4.78 is 0. The van der Waals surface area contributed by atoms with Gasteiger partial charge in [0.25, 0.3) is 5.91 Å². The summed E-state index contributed by atoms with van der Waals surface area (Å²) in [6.07, 6.45) is 0. The Morgan fingerprint density at radius 1 is 1.19 bits per heavy atom. The van der Waals surface area contributed by atoms with Crippen molar-refractivity contribution in [2.45, 2.75) is 26.8 Å². The SMILES string of the molecule is Cc1cc(Cl)ccc1NC(=O)c1ccc(NC(C)C)nn1. The zero-order valence-corrected chi connectivity index (χ0v) is 12.9. The van der Waals surface area contributed by atoms with E-state index in [0.717, 1.165) is 5.56 Å². The van der Waals surface area contributed by atoms with Gasteiger partial charge in [-0.25, -0.2) is 0 Å². The molecule has 2 aromatic rings. The molecule has 0 saturated heterocycles. The molecule has 1 aromatic heterocycles. The molecule has 1 aromatic carbocycles. The maximum atomic E-state index is 12.1. The van der Waals surface area contributed by atoms with Gasteiger partial charge in [0, 0.05) is 16.8 Å². The Morgan fingerprint density at radius 2 is 1.95 bits per heavy atom. The van der Waals surface area contributed by atoms with Crippen LogP contribution in [0.3, 0.4) is 0 Å². The second-order valence-electron chi connectivity index (χ2n) is 5.02. The van der Waals surface area contributed by atoms with Crippen LogP contribution in [0, 0.1) is 6.92 Å². The Labute approximate surface area is 128 Å². The molecule has 1 heterocycles. The Hall–Kier alpha value is -2.14. The van der Waals surface area contributed by atoms with Crippen molar-refractivity contribution in [1.29, 1.82) is 0 Å². The minimum Gasteiger partial charge on any atom is -0.366 e. The van der Waals surface area contributed by atoms with E-state index in [4.69, 9.17) is 11.6 Å². The lowest BCUT2D eigenvalue weighted by Gasteiger charge is -2.10. The fraction of sp³-hybridized carbons (Fsp3) is 0.267. The topological polar surface area (TPSA) is 66.9 Å². The number of nitrogens with zero attached hydrogens (tertiary/aromatic N) is 2. The molecule has 0 unspecified atom stereocenters. The summed E-state index contributed by atoms with van der Waals surface area (Å²) in [5.41, 5.74) is 1.86. The van der Waals surface area contributed by atoms with Crippen LogP contribution in [0.15, 0.2) is 30.3 Å². The van der Waals surface area contributed by atoms with Gasteiger partial charge >= 0.3 is 0 Å². The molecule has 0 atom stereocenters. The van der Waals surface area contributed by atoms with Gasteiger partial charge in [0.05, 0.1) is 0 Å². The second kappa shape index (κ2) is 6.54. The van der Waals surface area contributed by atoms with Gasteiger partial charge in [-0.15, -0.1) is 10.2 Å². The van der Waals surface area contributed by atoms with Crippen molar-refractivity contribution in [3.63, 3.8) is 0 Å². The van der Waals surface area contributed by atoms with Crippen LogP contribution in [0.4, 0.5) is 11.5 Å². The highest BCUT2D eigenvalue weighted by Gasteiger charge is 2.10. The molecule has 2 rings (SSSR count). The second-order valence-corrected chi connectivity index (χ2v) is 5.45. The van der Waals surface area contributed by atoms with Crippen molar-refractivity contribution in [1.82, 2.24) is 10.2 Å². The molecule has 6 heteroatoms. The van der Waals surface area contributed by atoms with Crippen molar-refractivity contribution < 1.29 is 4.79 Å². The first-order chi connectivity index (χ1) is 9.95. The standard InChI is InChI=1S/C15H17ClN4O/c1-9(2)17-14-7-6-13(19-20-14)15(21)18-12-5-4-11(16)8-10(12)3/h4-9H,1-3H3,(H,17,20)(H,18,21). The molecule has 0 aliphatic carbocycles. The van der Waals surface area contributed by atoms with Gasteiger partial charge in [0.1, 0.15) is 5.82 Å². The molecule has 0 saturated carbocycles. The Morgan fingerprint density at radius 3 is 2.52 bits per heavy atom. The number of rotatable bonds is 4. The van der Waals surface area contributed by atoms with Crippen LogP contribution in [0.1, 0.15) is 29.9 Å². The number of carbonyl (C=O) groups is 1. The van der Waals surface area contributed by atoms with Crippen LogP contribution in [0.5, 0.6) is 0 Å². The predicted octanol–water partition coefficient (Wildman–Crippen LogP) is 3.51. The average molecular weight is 305 g/mol. The Kier molecular flexibility index (Phi) is 4.75. The van der Waals surface area contributed by atoms with E-state index in [-0.39, 0.29) is 17.6 Å². The van der Waals surface area contributed by atoms with Crippen molar-refractivity contribution >= 4 is 29.0 Å². The van der Waals surface area contributed by atoms with Gasteiger partial charge in [-0.05, 0) is 56.7 Å². The van der Waals surface area contributed by atoms with Crippen molar-refractivity contribution in [2.75, 3.05) is 10.6 Å². The number of aromatic nitrogens is 2. The number of nitrogens with one attached hydrogen (secondary N) is 2. The molecule has 0 bridgehead atoms. The van der Waals surface area contributed by atoms with Crippen LogP contribution in [0.25, 0.3) is 0 Å². The molecule has 0 aliphatic rings. The molecule has 110 valence electrons. The number of aryl methyl sites for hydroxylation is 1. The molecule has 0 aliphatic heterocycles. The number of hydrogen-bond donors (Lipinski definition) is 2. The predicted molar refractivity (Wildman–Crippen MR) is 84.9 cm³/mol. The number of anilines is 2. The van der Waals surface area contributed by atoms with E-state index >= 15 is 0 Å². The lowest BCUT2D eigenvalue weighted by molar-refractivity contribution is 0.102. The largest absolute Gasteiger partial charge is 0.366 e. The molecule has 2 N–H and O–H groups in total. The van der Waals surface area contributed by atoms with Crippen molar-refractivity contribution in [2.24, 2.45) is 0 Å². The maximum absolute atomic E-state index is 12.1. The summed E-state index contributed by atoms with van der Waals surface area (Å²) in [6.45, 7) is 5.89. The summed E-state index contributed by atoms with van der Waals surface area (Å²) in [5.74, 6) is 0.341. The third-order valence-corrected chi connectivity index (χ3v) is 3.01. The number of hydrogen-bond acceptors (Lipinski definition) is 4. The lowest BCUT2D eigenvalue weighted by Crippen LogP contribution is -2.16. The van der Waals surface area contributed by atoms with Crippen LogP contribution in [-0.2, 0) is 0 Å². The normalized spacial score (nSPS) is 10.5. The number of carbonyl (C=O) groups excluding carboxylic acids is 1. The van der Waals surface area contributed by atoms with Crippen molar-refractivity contribution in [3.8, 4) is 0 Å². The molecule has 21 heavy (non-hydrogen) atoms. The third-order valence-electron chi connectivity index (χ3n) is 2.77. The summed E-state index contributed by atoms with van der Waals surface area (Å²) in [4.78, 5) is 12.1. The van der Waals surface area contributed by atoms with E-state index in [1.165, 1.54) is 0 Å². The minimum atomic E-state index is -0.302. The average Bonchev–Trinajstić information content (AvgIpc) is 2.42. The zero-order chi connectivity index (χ0) is 15.4. The molecule has 0 fully saturated rings. The molecular weight excluding hydrogens is 288 g/mol. The first-order valence-corrected chi connectivity index (χ1v) is 7.01. The fourth-order valence-electron chi connectivity index (χ4n) is 1.78. The first-order valence-electron chi connectivity index (χ1n) is 6.63. The smallest absolute Gasteiger partial charge is 0.276 e. The highest BCUT2D eigenvalue weighted by Crippen LogP contribution is 2.20. The van der Waals surface area contributed by atoms with E-state index in [0.29, 0.717) is 16.5 Å². The monoisotopic (exact) mass is 304 g/mol. The van der Waals surface area contributed by atoms with Crippen LogP contribution in [0.2, 0.25) is 5.02 Å². The highest BCUT2D eigenvalue weighted by atomic mass is 35.5. The van der Waals surface area contributed by atoms with Gasteiger partial charge in [-0.3, -0.25) is 4.79 Å². The Balaban J connectivity index is 2.09. The third kappa shape index (κ3) is 4.16. The molecule has 0 spiro atoms. The Bertz CT molecular complexity index is 641. The summed E-state index contributed by atoms with van der Waals surface area (Å²) in [6, 6.07) is 8.91. The van der Waals surface area contributed by atoms with Gasteiger partial charge in [0.2, 0.25) is 0 Å². The van der Waals surface area contributed by atoms with Gasteiger partial charge in [0.15, 0.2) is 5.69 Å². The van der Waals surface area contributed by atoms with E-state index in [9.17, 15) is 4.79 Å². The van der Waals surface area contributed by atoms with Gasteiger partial charge < -0.3 is 10.6 Å². The van der Waals surface area contributed by atoms with Crippen LogP contribution < -0.4 is 10.6 Å². The van der Waals surface area contributed by atoms with E-state index < -0.39 is 0 Å². The maximum Gasteiger partial charge on any atom is 0.276 e. The van der Waals surface area contributed by atoms with Crippen LogP contribution >= 0.6 is 11.6 Å². The van der Waals surface area contributed by atoms with E-state index in [2.05, 4.69) is 20.8 Å². The number of amides is 1. The zero-order valence-electron chi connectivity index (χ0n) is 12.1. The van der Waals surface area contributed by atoms with Gasteiger partial charge in [-0.1, -0.05) is 11.6 Å². The number of halogens is 1. The lowest BCUT2D eigenvalue weighted by atomic mass is 10.2. The summed E-state index contributed by atoms with van der Waals surface area (Å²) >= 11 is 5.89. The van der Waals surface area contributed by atoms with Crippen LogP contribution in [-0.4, -0.2) is 22.1 Å². The molecule has 1 amide bonds. The first kappa shape index (κ1) is 15.3. The number of benzene rings is 1. The highest BCUT2D eigenvalue weighted by molar-refractivity contribution is 6.30. The molecule has 0 radical (unpaired) electrons. The molecule has 5 nitrogen and oxygen atoms in total. The van der Waals surface area contributed by atoms with Gasteiger partial charge in [-0.2, -0.15) is 0 Å². The summed E-state index contributed by atoms with van der Waals surface area (Å²) in [5, 5.41) is 14.4. The van der Waals surface area contributed by atoms with Crippen molar-refractivity contribution in [3.05, 3.63) is 46.6 Å². The molecular formula is C15H17ClN4O.